The van der Waals surface area contributed by atoms with Crippen LogP contribution in [0.4, 0.5) is 5.82 Å². The number of anilines is 1. The normalized spacial score (nSPS) is 17.0. The molecule has 3 aromatic heterocycles. The van der Waals surface area contributed by atoms with Crippen LogP contribution in [0.2, 0.25) is 5.02 Å². The van der Waals surface area contributed by atoms with Crippen molar-refractivity contribution >= 4 is 17.4 Å². The monoisotopic (exact) mass is 381 g/mol. The van der Waals surface area contributed by atoms with E-state index in [9.17, 15) is 0 Å². The predicted octanol–water partition coefficient (Wildman–Crippen LogP) is 3.94. The fraction of sp³-hybridized carbons (Fsp3) is 0.300. The first-order valence-corrected chi connectivity index (χ1v) is 9.34. The molecule has 0 radical (unpaired) electrons. The Morgan fingerprint density at radius 2 is 2.11 bits per heavy atom. The van der Waals surface area contributed by atoms with Gasteiger partial charge < -0.3 is 9.64 Å². The Bertz CT molecular complexity index is 904. The van der Waals surface area contributed by atoms with Crippen molar-refractivity contribution in [1.82, 2.24) is 19.9 Å². The lowest BCUT2D eigenvalue weighted by Crippen LogP contribution is -2.41. The van der Waals surface area contributed by atoms with E-state index in [0.717, 1.165) is 43.0 Å². The van der Waals surface area contributed by atoms with Crippen molar-refractivity contribution in [3.8, 4) is 17.3 Å². The van der Waals surface area contributed by atoms with Crippen LogP contribution in [-0.4, -0.2) is 39.1 Å². The minimum atomic E-state index is 0.0598. The highest BCUT2D eigenvalue weighted by Crippen LogP contribution is 2.24. The number of hydrogen-bond acceptors (Lipinski definition) is 6. The van der Waals surface area contributed by atoms with Gasteiger partial charge in [0.2, 0.25) is 5.88 Å². The summed E-state index contributed by atoms with van der Waals surface area (Å²) in [4.78, 5) is 20.0. The zero-order chi connectivity index (χ0) is 18.6. The molecule has 0 N–H and O–H groups in total. The average molecular weight is 382 g/mol. The highest BCUT2D eigenvalue weighted by Gasteiger charge is 2.23. The fourth-order valence-electron chi connectivity index (χ4n) is 3.18. The molecule has 0 spiro atoms. The van der Waals surface area contributed by atoms with E-state index >= 15 is 0 Å². The Morgan fingerprint density at radius 3 is 2.89 bits per heavy atom. The summed E-state index contributed by atoms with van der Waals surface area (Å²) in [6.07, 6.45) is 7.21. The van der Waals surface area contributed by atoms with E-state index in [4.69, 9.17) is 21.3 Å². The SMILES string of the molecule is Cc1cc(N2CCCC(Oc3ccc(Cl)cn3)C2)nc(-c2cccnc2)n1. The summed E-state index contributed by atoms with van der Waals surface area (Å²) < 4.78 is 6.04. The number of aromatic nitrogens is 4. The quantitative estimate of drug-likeness (QED) is 0.682. The van der Waals surface area contributed by atoms with E-state index in [-0.39, 0.29) is 6.10 Å². The molecule has 27 heavy (non-hydrogen) atoms. The van der Waals surface area contributed by atoms with Crippen molar-refractivity contribution < 1.29 is 4.74 Å². The maximum atomic E-state index is 6.04. The molecule has 1 atom stereocenters. The number of pyridine rings is 2. The molecule has 4 heterocycles. The van der Waals surface area contributed by atoms with Crippen molar-refractivity contribution in [2.75, 3.05) is 18.0 Å². The second kappa shape index (κ2) is 7.88. The number of rotatable bonds is 4. The highest BCUT2D eigenvalue weighted by atomic mass is 35.5. The van der Waals surface area contributed by atoms with Crippen LogP contribution < -0.4 is 9.64 Å². The van der Waals surface area contributed by atoms with Gasteiger partial charge in [-0.05, 0) is 38.0 Å². The fourth-order valence-corrected chi connectivity index (χ4v) is 3.30. The molecule has 1 aliphatic heterocycles. The van der Waals surface area contributed by atoms with Crippen molar-refractivity contribution in [3.05, 3.63) is 59.6 Å². The first-order chi connectivity index (χ1) is 13.2. The lowest BCUT2D eigenvalue weighted by atomic mass is 10.1. The number of halogens is 1. The average Bonchev–Trinajstić information content (AvgIpc) is 2.70. The zero-order valence-electron chi connectivity index (χ0n) is 15.0. The predicted molar refractivity (Wildman–Crippen MR) is 105 cm³/mol. The van der Waals surface area contributed by atoms with Gasteiger partial charge in [0.05, 0.1) is 11.6 Å². The van der Waals surface area contributed by atoms with Crippen LogP contribution in [0, 0.1) is 6.92 Å². The first kappa shape index (κ1) is 17.7. The van der Waals surface area contributed by atoms with Crippen molar-refractivity contribution in [1.29, 1.82) is 0 Å². The zero-order valence-corrected chi connectivity index (χ0v) is 15.8. The molecule has 0 aliphatic carbocycles. The van der Waals surface area contributed by atoms with Crippen LogP contribution in [0.15, 0.2) is 48.9 Å². The van der Waals surface area contributed by atoms with Gasteiger partial charge >= 0.3 is 0 Å². The summed E-state index contributed by atoms with van der Waals surface area (Å²) >= 11 is 5.89. The smallest absolute Gasteiger partial charge is 0.213 e. The van der Waals surface area contributed by atoms with E-state index < -0.39 is 0 Å². The standard InChI is InChI=1S/C20H20ClN5O/c1-14-10-18(25-20(24-14)15-4-2-8-22-11-15)26-9-3-5-17(13-26)27-19-7-6-16(21)12-23-19/h2,4,6-8,10-12,17H,3,5,9,13H2,1H3. The second-order valence-corrected chi connectivity index (χ2v) is 7.01. The summed E-state index contributed by atoms with van der Waals surface area (Å²) in [5.74, 6) is 2.21. The number of nitrogens with zero attached hydrogens (tertiary/aromatic N) is 5. The van der Waals surface area contributed by atoms with Gasteiger partial charge in [0, 0.05) is 48.5 Å². The third-order valence-corrected chi connectivity index (χ3v) is 4.67. The molecule has 3 aromatic rings. The molecule has 4 rings (SSSR count). The van der Waals surface area contributed by atoms with Gasteiger partial charge in [-0.15, -0.1) is 0 Å². The molecule has 0 aromatic carbocycles. The highest BCUT2D eigenvalue weighted by molar-refractivity contribution is 6.30. The van der Waals surface area contributed by atoms with Crippen molar-refractivity contribution in [2.24, 2.45) is 0 Å². The van der Waals surface area contributed by atoms with Gasteiger partial charge in [-0.1, -0.05) is 11.6 Å². The van der Waals surface area contributed by atoms with Gasteiger partial charge in [0.15, 0.2) is 5.82 Å². The molecule has 1 saturated heterocycles. The third kappa shape index (κ3) is 4.34. The largest absolute Gasteiger partial charge is 0.472 e. The van der Waals surface area contributed by atoms with Crippen molar-refractivity contribution in [2.45, 2.75) is 25.9 Å². The molecular formula is C20H20ClN5O. The van der Waals surface area contributed by atoms with Gasteiger partial charge in [0.1, 0.15) is 11.9 Å². The first-order valence-electron chi connectivity index (χ1n) is 8.96. The lowest BCUT2D eigenvalue weighted by molar-refractivity contribution is 0.172. The third-order valence-electron chi connectivity index (χ3n) is 4.45. The molecule has 6 nitrogen and oxygen atoms in total. The number of ether oxygens (including phenoxy) is 1. The molecule has 0 amide bonds. The lowest BCUT2D eigenvalue weighted by Gasteiger charge is -2.33. The Labute approximate surface area is 163 Å². The van der Waals surface area contributed by atoms with Gasteiger partial charge in [-0.3, -0.25) is 4.98 Å². The van der Waals surface area contributed by atoms with Crippen LogP contribution in [0.25, 0.3) is 11.4 Å². The van der Waals surface area contributed by atoms with Crippen LogP contribution >= 0.6 is 11.6 Å². The maximum absolute atomic E-state index is 6.04. The number of hydrogen-bond donors (Lipinski definition) is 0. The molecule has 1 unspecified atom stereocenters. The van der Waals surface area contributed by atoms with Crippen LogP contribution in [-0.2, 0) is 0 Å². The number of aryl methyl sites for hydroxylation is 1. The maximum Gasteiger partial charge on any atom is 0.213 e. The summed E-state index contributed by atoms with van der Waals surface area (Å²) in [7, 11) is 0. The van der Waals surface area contributed by atoms with E-state index in [1.165, 1.54) is 0 Å². The molecular weight excluding hydrogens is 362 g/mol. The van der Waals surface area contributed by atoms with Crippen LogP contribution in [0.5, 0.6) is 5.88 Å². The summed E-state index contributed by atoms with van der Waals surface area (Å²) in [5.41, 5.74) is 1.85. The number of piperidine rings is 1. The van der Waals surface area contributed by atoms with E-state index in [1.807, 2.05) is 25.1 Å². The second-order valence-electron chi connectivity index (χ2n) is 6.58. The molecule has 7 heteroatoms. The van der Waals surface area contributed by atoms with Crippen LogP contribution in [0.3, 0.4) is 0 Å². The summed E-state index contributed by atoms with van der Waals surface area (Å²) in [6, 6.07) is 9.47. The van der Waals surface area contributed by atoms with Gasteiger partial charge in [-0.25, -0.2) is 15.0 Å². The summed E-state index contributed by atoms with van der Waals surface area (Å²) in [6.45, 7) is 3.69. The van der Waals surface area contributed by atoms with E-state index in [1.54, 1.807) is 30.7 Å². The Balaban J connectivity index is 1.52. The molecule has 0 bridgehead atoms. The van der Waals surface area contributed by atoms with E-state index in [0.29, 0.717) is 16.7 Å². The minimum Gasteiger partial charge on any atom is -0.472 e. The van der Waals surface area contributed by atoms with Crippen molar-refractivity contribution in [3.63, 3.8) is 0 Å². The minimum absolute atomic E-state index is 0.0598. The molecule has 0 saturated carbocycles. The Kier molecular flexibility index (Phi) is 5.16. The molecule has 1 fully saturated rings. The summed E-state index contributed by atoms with van der Waals surface area (Å²) in [5, 5.41) is 0.604. The van der Waals surface area contributed by atoms with Crippen LogP contribution in [0.1, 0.15) is 18.5 Å². The van der Waals surface area contributed by atoms with E-state index in [2.05, 4.69) is 19.9 Å². The van der Waals surface area contributed by atoms with Gasteiger partial charge in [-0.2, -0.15) is 0 Å². The topological polar surface area (TPSA) is 64.0 Å². The molecule has 138 valence electrons. The van der Waals surface area contributed by atoms with Gasteiger partial charge in [0.25, 0.3) is 0 Å². The molecule has 1 aliphatic rings. The Hall–Kier alpha value is -2.73. The Morgan fingerprint density at radius 1 is 1.19 bits per heavy atom.